The Bertz CT molecular complexity index is 943. The Kier molecular flexibility index (Phi) is 5.69. The number of piperazine rings is 1. The minimum atomic E-state index is -0.713. The molecule has 2 fully saturated rings. The summed E-state index contributed by atoms with van der Waals surface area (Å²) in [5.74, 6) is -1.26. The van der Waals surface area contributed by atoms with Crippen LogP contribution in [0.3, 0.4) is 0 Å². The van der Waals surface area contributed by atoms with E-state index in [0.29, 0.717) is 24.8 Å². The number of amides is 5. The number of carbonyl (C=O) groups is 3. The highest BCUT2D eigenvalue weighted by Gasteiger charge is 2.32. The van der Waals surface area contributed by atoms with E-state index in [9.17, 15) is 18.8 Å². The van der Waals surface area contributed by atoms with Crippen LogP contribution in [0.2, 0.25) is 0 Å². The quantitative estimate of drug-likeness (QED) is 0.729. The number of benzene rings is 1. The van der Waals surface area contributed by atoms with Gasteiger partial charge in [-0.1, -0.05) is 0 Å². The number of hydrogen-bond acceptors (Lipinski definition) is 5. The van der Waals surface area contributed by atoms with Gasteiger partial charge in [-0.25, -0.2) is 18.9 Å². The van der Waals surface area contributed by atoms with Gasteiger partial charge < -0.3 is 15.5 Å². The minimum absolute atomic E-state index is 0.178. The largest absolute Gasteiger partial charge is 0.329 e. The van der Waals surface area contributed by atoms with Gasteiger partial charge in [0.15, 0.2) is 0 Å². The van der Waals surface area contributed by atoms with Gasteiger partial charge in [0, 0.05) is 37.9 Å². The van der Waals surface area contributed by atoms with E-state index >= 15 is 0 Å². The summed E-state index contributed by atoms with van der Waals surface area (Å²) in [4.78, 5) is 41.1. The molecule has 8 nitrogen and oxygen atoms in total. The van der Waals surface area contributed by atoms with E-state index in [4.69, 9.17) is 0 Å². The number of thiophene rings is 1. The predicted octanol–water partition coefficient (Wildman–Crippen LogP) is 2.85. The molecule has 1 aromatic carbocycles. The Morgan fingerprint density at radius 2 is 1.97 bits per heavy atom. The Morgan fingerprint density at radius 3 is 2.60 bits per heavy atom. The van der Waals surface area contributed by atoms with Crippen LogP contribution >= 0.6 is 11.3 Å². The van der Waals surface area contributed by atoms with Crippen LogP contribution in [0.25, 0.3) is 0 Å². The molecule has 1 atom stereocenters. The average Bonchev–Trinajstić information content (AvgIpc) is 3.39. The molecule has 0 unspecified atom stereocenters. The molecular formula is C20H22FN5O3S. The standard InChI is InChI=1S/C20H22FN5O3S/c1-13(14-4-9-30-12-14)24-5-7-25(8-6-24)20(29)23-15-2-3-16(21)17(10-15)26-18(27)11-22-19(26)28/h2-4,9-10,12-13H,5-8,11H2,1H3,(H,22,28)(H,23,29)/t13-/m1/s1. The lowest BCUT2D eigenvalue weighted by atomic mass is 10.1. The van der Waals surface area contributed by atoms with Gasteiger partial charge in [0.25, 0.3) is 5.91 Å². The average molecular weight is 431 g/mol. The maximum atomic E-state index is 14.2. The van der Waals surface area contributed by atoms with E-state index in [0.717, 1.165) is 24.1 Å². The van der Waals surface area contributed by atoms with Gasteiger partial charge in [-0.2, -0.15) is 11.3 Å². The molecule has 2 aliphatic rings. The van der Waals surface area contributed by atoms with Crippen LogP contribution in [0.5, 0.6) is 0 Å². The Balaban J connectivity index is 1.38. The summed E-state index contributed by atoms with van der Waals surface area (Å²) in [6.45, 7) is 4.63. The lowest BCUT2D eigenvalue weighted by molar-refractivity contribution is -0.115. The fraction of sp³-hybridized carbons (Fsp3) is 0.350. The number of imide groups is 1. The number of rotatable bonds is 4. The second-order valence-electron chi connectivity index (χ2n) is 7.24. The van der Waals surface area contributed by atoms with Crippen molar-refractivity contribution in [2.45, 2.75) is 13.0 Å². The first kappa shape index (κ1) is 20.3. The molecule has 30 heavy (non-hydrogen) atoms. The van der Waals surface area contributed by atoms with E-state index < -0.39 is 17.8 Å². The van der Waals surface area contributed by atoms with Crippen LogP contribution in [-0.2, 0) is 4.79 Å². The zero-order valence-electron chi connectivity index (χ0n) is 16.4. The van der Waals surface area contributed by atoms with E-state index in [-0.39, 0.29) is 18.3 Å². The van der Waals surface area contributed by atoms with Gasteiger partial charge in [0.2, 0.25) is 0 Å². The number of urea groups is 2. The van der Waals surface area contributed by atoms with Crippen molar-refractivity contribution in [3.05, 3.63) is 46.4 Å². The molecule has 4 rings (SSSR count). The second kappa shape index (κ2) is 8.41. The van der Waals surface area contributed by atoms with E-state index in [1.807, 2.05) is 0 Å². The topological polar surface area (TPSA) is 85.0 Å². The monoisotopic (exact) mass is 431 g/mol. The fourth-order valence-corrected chi connectivity index (χ4v) is 4.41. The highest BCUT2D eigenvalue weighted by atomic mass is 32.1. The third kappa shape index (κ3) is 4.01. The summed E-state index contributed by atoms with van der Waals surface area (Å²) in [5.41, 5.74) is 1.41. The molecule has 0 bridgehead atoms. The maximum Gasteiger partial charge on any atom is 0.329 e. The Morgan fingerprint density at radius 1 is 1.20 bits per heavy atom. The van der Waals surface area contributed by atoms with Crippen LogP contribution in [0.1, 0.15) is 18.5 Å². The number of anilines is 2. The predicted molar refractivity (Wildman–Crippen MR) is 112 cm³/mol. The Hall–Kier alpha value is -2.98. The molecule has 0 radical (unpaired) electrons. The van der Waals surface area contributed by atoms with E-state index in [1.165, 1.54) is 17.7 Å². The van der Waals surface area contributed by atoms with Gasteiger partial charge in [0.05, 0.1) is 12.2 Å². The first-order valence-corrected chi connectivity index (χ1v) is 10.6. The molecule has 1 aromatic heterocycles. The van der Waals surface area contributed by atoms with E-state index in [1.54, 1.807) is 16.2 Å². The van der Waals surface area contributed by atoms with Gasteiger partial charge in [-0.15, -0.1) is 0 Å². The number of halogens is 1. The SMILES string of the molecule is C[C@H](c1ccsc1)N1CCN(C(=O)Nc2ccc(F)c(N3C(=O)CNC3=O)c2)CC1. The molecule has 10 heteroatoms. The summed E-state index contributed by atoms with van der Waals surface area (Å²) < 4.78 is 14.2. The van der Waals surface area contributed by atoms with Crippen molar-refractivity contribution >= 4 is 40.7 Å². The molecule has 2 aromatic rings. The van der Waals surface area contributed by atoms with Crippen molar-refractivity contribution in [1.29, 1.82) is 0 Å². The molecule has 2 N–H and O–H groups in total. The first-order valence-electron chi connectivity index (χ1n) is 9.66. The summed E-state index contributed by atoms with van der Waals surface area (Å²) in [6.07, 6.45) is 0. The van der Waals surface area contributed by atoms with Crippen molar-refractivity contribution in [2.75, 3.05) is 42.9 Å². The Labute approximate surface area is 177 Å². The number of nitrogens with one attached hydrogen (secondary N) is 2. The number of nitrogens with zero attached hydrogens (tertiary/aromatic N) is 3. The second-order valence-corrected chi connectivity index (χ2v) is 8.02. The van der Waals surface area contributed by atoms with E-state index in [2.05, 4.69) is 39.3 Å². The number of carbonyl (C=O) groups excluding carboxylic acids is 3. The van der Waals surface area contributed by atoms with Crippen molar-refractivity contribution in [3.63, 3.8) is 0 Å². The van der Waals surface area contributed by atoms with Crippen LogP contribution in [0.15, 0.2) is 35.0 Å². The van der Waals surface area contributed by atoms with Crippen LogP contribution in [0, 0.1) is 5.82 Å². The zero-order valence-corrected chi connectivity index (χ0v) is 17.2. The summed E-state index contributed by atoms with van der Waals surface area (Å²) in [7, 11) is 0. The van der Waals surface area contributed by atoms with Gasteiger partial charge in [-0.05, 0) is 47.5 Å². The molecule has 2 aliphatic heterocycles. The molecule has 3 heterocycles. The maximum absolute atomic E-state index is 14.2. The van der Waals surface area contributed by atoms with Crippen molar-refractivity contribution < 1.29 is 18.8 Å². The molecular weight excluding hydrogens is 409 g/mol. The highest BCUT2D eigenvalue weighted by Crippen LogP contribution is 2.26. The third-order valence-electron chi connectivity index (χ3n) is 5.46. The van der Waals surface area contributed by atoms with Gasteiger partial charge in [-0.3, -0.25) is 9.69 Å². The van der Waals surface area contributed by atoms with Crippen molar-refractivity contribution in [3.8, 4) is 0 Å². The molecule has 2 saturated heterocycles. The lowest BCUT2D eigenvalue weighted by Crippen LogP contribution is -2.50. The smallest absolute Gasteiger partial charge is 0.328 e. The molecule has 0 saturated carbocycles. The molecule has 0 spiro atoms. The van der Waals surface area contributed by atoms with Gasteiger partial charge in [0.1, 0.15) is 5.82 Å². The van der Waals surface area contributed by atoms with Gasteiger partial charge >= 0.3 is 12.1 Å². The third-order valence-corrected chi connectivity index (χ3v) is 6.16. The summed E-state index contributed by atoms with van der Waals surface area (Å²) in [6, 6.07) is 5.27. The highest BCUT2D eigenvalue weighted by molar-refractivity contribution is 7.07. The summed E-state index contributed by atoms with van der Waals surface area (Å²) in [5, 5.41) is 9.29. The molecule has 0 aliphatic carbocycles. The lowest BCUT2D eigenvalue weighted by Gasteiger charge is -2.37. The van der Waals surface area contributed by atoms with Crippen LogP contribution in [0.4, 0.5) is 25.4 Å². The fourth-order valence-electron chi connectivity index (χ4n) is 3.67. The first-order chi connectivity index (χ1) is 14.4. The normalized spacial score (nSPS) is 18.5. The molecule has 5 amide bonds. The van der Waals surface area contributed by atoms with Crippen molar-refractivity contribution in [2.24, 2.45) is 0 Å². The van der Waals surface area contributed by atoms with Crippen LogP contribution < -0.4 is 15.5 Å². The zero-order chi connectivity index (χ0) is 21.3. The van der Waals surface area contributed by atoms with Crippen LogP contribution in [-0.4, -0.2) is 60.5 Å². The van der Waals surface area contributed by atoms with Crippen molar-refractivity contribution in [1.82, 2.24) is 15.1 Å². The minimum Gasteiger partial charge on any atom is -0.328 e. The molecule has 158 valence electrons. The number of hydrogen-bond donors (Lipinski definition) is 2. The summed E-state index contributed by atoms with van der Waals surface area (Å²) >= 11 is 1.67.